The second-order valence-corrected chi connectivity index (χ2v) is 12.2. The highest BCUT2D eigenvalue weighted by Crippen LogP contribution is 2.40. The smallest absolute Gasteiger partial charge is 0.264 e. The van der Waals surface area contributed by atoms with Gasteiger partial charge in [-0.05, 0) is 76.9 Å². The average molecular weight is 507 g/mol. The number of ether oxygens (including phenoxy) is 1. The van der Waals surface area contributed by atoms with Crippen molar-refractivity contribution in [3.63, 3.8) is 0 Å². The molecule has 1 atom stereocenters. The van der Waals surface area contributed by atoms with E-state index in [9.17, 15) is 13.2 Å². The summed E-state index contributed by atoms with van der Waals surface area (Å²) in [6.07, 6.45) is 0.572. The van der Waals surface area contributed by atoms with E-state index in [2.05, 4.69) is 5.32 Å². The molecule has 1 N–H and O–H groups in total. The maximum absolute atomic E-state index is 13.8. The van der Waals surface area contributed by atoms with Gasteiger partial charge in [0.2, 0.25) is 5.91 Å². The molecule has 3 aromatic rings. The molecule has 0 aromatic heterocycles. The summed E-state index contributed by atoms with van der Waals surface area (Å²) >= 11 is 0. The first-order valence-electron chi connectivity index (χ1n) is 12.1. The highest BCUT2D eigenvalue weighted by molar-refractivity contribution is 7.92. The highest BCUT2D eigenvalue weighted by atomic mass is 32.2. The predicted molar refractivity (Wildman–Crippen MR) is 143 cm³/mol. The zero-order valence-corrected chi connectivity index (χ0v) is 22.6. The Morgan fingerprint density at radius 1 is 0.944 bits per heavy atom. The minimum atomic E-state index is -3.98. The number of carbonyl (C=O) groups is 1. The molecular formula is C29H34N2O4S. The molecule has 1 amide bonds. The Hall–Kier alpha value is -3.32. The van der Waals surface area contributed by atoms with E-state index in [4.69, 9.17) is 4.74 Å². The molecular weight excluding hydrogens is 472 g/mol. The maximum Gasteiger partial charge on any atom is 0.264 e. The van der Waals surface area contributed by atoms with E-state index < -0.39 is 15.6 Å². The summed E-state index contributed by atoms with van der Waals surface area (Å²) in [4.78, 5) is 13.6. The number of benzene rings is 3. The summed E-state index contributed by atoms with van der Waals surface area (Å²) in [6, 6.07) is 17.9. The number of anilines is 1. The maximum atomic E-state index is 13.8. The number of nitrogens with zero attached hydrogens (tertiary/aromatic N) is 1. The lowest BCUT2D eigenvalue weighted by atomic mass is 9.89. The highest BCUT2D eigenvalue weighted by Gasteiger charge is 2.36. The van der Waals surface area contributed by atoms with E-state index in [0.717, 1.165) is 33.6 Å². The molecule has 0 aliphatic carbocycles. The van der Waals surface area contributed by atoms with Crippen molar-refractivity contribution in [1.82, 2.24) is 5.32 Å². The summed E-state index contributed by atoms with van der Waals surface area (Å²) in [7, 11) is -3.98. The molecule has 0 radical (unpaired) electrons. The Kier molecular flexibility index (Phi) is 6.88. The van der Waals surface area contributed by atoms with Gasteiger partial charge in [-0.2, -0.15) is 0 Å². The van der Waals surface area contributed by atoms with Gasteiger partial charge < -0.3 is 10.1 Å². The van der Waals surface area contributed by atoms with Crippen molar-refractivity contribution in [3.05, 3.63) is 88.5 Å². The molecule has 36 heavy (non-hydrogen) atoms. The Bertz CT molecular complexity index is 1400. The van der Waals surface area contributed by atoms with Crippen molar-refractivity contribution in [1.29, 1.82) is 0 Å². The molecule has 0 saturated heterocycles. The summed E-state index contributed by atoms with van der Waals surface area (Å²) in [6.45, 7) is 11.4. The van der Waals surface area contributed by atoms with Gasteiger partial charge >= 0.3 is 0 Å². The largest absolute Gasteiger partial charge is 0.487 e. The minimum Gasteiger partial charge on any atom is -0.487 e. The zero-order valence-electron chi connectivity index (χ0n) is 21.8. The molecule has 0 bridgehead atoms. The Balaban J connectivity index is 1.68. The van der Waals surface area contributed by atoms with Crippen LogP contribution in [0.1, 0.15) is 54.1 Å². The predicted octanol–water partition coefficient (Wildman–Crippen LogP) is 5.53. The molecule has 4 rings (SSSR count). The fourth-order valence-electron chi connectivity index (χ4n) is 4.68. The molecule has 1 aliphatic rings. The van der Waals surface area contributed by atoms with E-state index in [1.165, 1.54) is 4.31 Å². The topological polar surface area (TPSA) is 75.7 Å². The lowest BCUT2D eigenvalue weighted by Crippen LogP contribution is -2.45. The second-order valence-electron chi connectivity index (χ2n) is 10.3. The minimum absolute atomic E-state index is 0.147. The molecule has 7 heteroatoms. The number of amides is 1. The van der Waals surface area contributed by atoms with Crippen LogP contribution in [0.3, 0.4) is 0 Å². The summed E-state index contributed by atoms with van der Waals surface area (Å²) < 4.78 is 34.9. The van der Waals surface area contributed by atoms with Gasteiger partial charge in [-0.25, -0.2) is 8.42 Å². The number of aryl methyl sites for hydroxylation is 4. The first-order valence-corrected chi connectivity index (χ1v) is 13.6. The third kappa shape index (κ3) is 5.41. The lowest BCUT2D eigenvalue weighted by Gasteiger charge is -2.38. The molecule has 3 aromatic carbocycles. The van der Waals surface area contributed by atoms with Crippen LogP contribution in [0.15, 0.2) is 65.6 Å². The van der Waals surface area contributed by atoms with Gasteiger partial charge in [0.05, 0.1) is 16.6 Å². The second kappa shape index (κ2) is 9.62. The number of carbonyl (C=O) groups excluding carboxylic acids is 1. The first kappa shape index (κ1) is 25.8. The number of hydrogen-bond acceptors (Lipinski definition) is 4. The Morgan fingerprint density at radius 2 is 1.56 bits per heavy atom. The standard InChI is InChI=1S/C29H34N2O4S/c1-19-7-11-23(12-8-19)36(33,34)31(26-14-10-20(2)15-22(26)4)18-28(32)30-25-17-29(5,6)35-27-16-21(3)9-13-24(25)27/h7-16,25H,17-18H2,1-6H3,(H,30,32). The van der Waals surface area contributed by atoms with Gasteiger partial charge in [-0.3, -0.25) is 9.10 Å². The van der Waals surface area contributed by atoms with Crippen LogP contribution in [0.2, 0.25) is 0 Å². The van der Waals surface area contributed by atoms with Gasteiger partial charge in [0, 0.05) is 12.0 Å². The van der Waals surface area contributed by atoms with Gasteiger partial charge in [0.25, 0.3) is 10.0 Å². The van der Waals surface area contributed by atoms with Crippen LogP contribution in [-0.4, -0.2) is 26.5 Å². The molecule has 6 nitrogen and oxygen atoms in total. The van der Waals surface area contributed by atoms with Crippen molar-refractivity contribution in [2.24, 2.45) is 0 Å². The van der Waals surface area contributed by atoms with Crippen molar-refractivity contribution in [2.45, 2.75) is 64.5 Å². The number of nitrogens with one attached hydrogen (secondary N) is 1. The third-order valence-corrected chi connectivity index (χ3v) is 8.25. The molecule has 1 aliphatic heterocycles. The summed E-state index contributed by atoms with van der Waals surface area (Å²) in [5, 5.41) is 3.09. The summed E-state index contributed by atoms with van der Waals surface area (Å²) in [5.74, 6) is 0.370. The Labute approximate surface area is 214 Å². The van der Waals surface area contributed by atoms with Crippen molar-refractivity contribution < 1.29 is 17.9 Å². The third-order valence-electron chi connectivity index (χ3n) is 6.48. The van der Waals surface area contributed by atoms with Crippen LogP contribution < -0.4 is 14.4 Å². The van der Waals surface area contributed by atoms with Gasteiger partial charge in [-0.15, -0.1) is 0 Å². The van der Waals surface area contributed by atoms with Crippen LogP contribution in [0, 0.1) is 27.7 Å². The summed E-state index contributed by atoms with van der Waals surface area (Å²) in [5.41, 5.74) is 4.74. The number of sulfonamides is 1. The van der Waals surface area contributed by atoms with Crippen molar-refractivity contribution in [2.75, 3.05) is 10.8 Å². The molecule has 1 unspecified atom stereocenters. The van der Waals surface area contributed by atoms with Crippen molar-refractivity contribution in [3.8, 4) is 5.75 Å². The monoisotopic (exact) mass is 506 g/mol. The number of fused-ring (bicyclic) bond motifs is 1. The van der Waals surface area contributed by atoms with E-state index in [1.54, 1.807) is 30.3 Å². The first-order chi connectivity index (χ1) is 16.9. The van der Waals surface area contributed by atoms with E-state index >= 15 is 0 Å². The van der Waals surface area contributed by atoms with Gasteiger partial charge in [0.1, 0.15) is 17.9 Å². The van der Waals surface area contributed by atoms with Crippen LogP contribution >= 0.6 is 0 Å². The average Bonchev–Trinajstić information content (AvgIpc) is 2.77. The molecule has 0 saturated carbocycles. The van der Waals surface area contributed by atoms with Crippen LogP contribution in [0.5, 0.6) is 5.75 Å². The normalized spacial score (nSPS) is 16.6. The van der Waals surface area contributed by atoms with Gasteiger partial charge in [-0.1, -0.05) is 47.5 Å². The van der Waals surface area contributed by atoms with Crippen LogP contribution in [0.4, 0.5) is 5.69 Å². The number of rotatable bonds is 6. The molecule has 1 heterocycles. The van der Waals surface area contributed by atoms with E-state index in [0.29, 0.717) is 12.1 Å². The SMILES string of the molecule is Cc1ccc(S(=O)(=O)N(CC(=O)NC2CC(C)(C)Oc3cc(C)ccc32)c2ccc(C)cc2C)cc1. The Morgan fingerprint density at radius 3 is 2.22 bits per heavy atom. The number of hydrogen-bond donors (Lipinski definition) is 1. The van der Waals surface area contributed by atoms with E-state index in [1.807, 2.05) is 71.9 Å². The van der Waals surface area contributed by atoms with Crippen LogP contribution in [-0.2, 0) is 14.8 Å². The quantitative estimate of drug-likeness (QED) is 0.477. The zero-order chi connectivity index (χ0) is 26.3. The van der Waals surface area contributed by atoms with E-state index in [-0.39, 0.29) is 23.4 Å². The fourth-order valence-corrected chi connectivity index (χ4v) is 6.17. The lowest BCUT2D eigenvalue weighted by molar-refractivity contribution is -0.120. The molecule has 0 fully saturated rings. The fraction of sp³-hybridized carbons (Fsp3) is 0.345. The molecule has 0 spiro atoms. The van der Waals surface area contributed by atoms with Crippen molar-refractivity contribution >= 4 is 21.6 Å². The molecule has 190 valence electrons. The van der Waals surface area contributed by atoms with Gasteiger partial charge in [0.15, 0.2) is 0 Å². The van der Waals surface area contributed by atoms with Crippen LogP contribution in [0.25, 0.3) is 0 Å².